The standard InChI is InChI=1S/C11H9BrN2O4/c12-6-3-7-10(17-2-1-16-7)8(9(6)15)5-4-14-18-11(5)13/h3-4,15H,1-2,13H2. The molecule has 0 unspecified atom stereocenters. The first-order valence-corrected chi connectivity index (χ1v) is 5.99. The fourth-order valence-electron chi connectivity index (χ4n) is 1.83. The van der Waals surface area contributed by atoms with Gasteiger partial charge in [0.15, 0.2) is 11.5 Å². The summed E-state index contributed by atoms with van der Waals surface area (Å²) in [5.74, 6) is 1.10. The van der Waals surface area contributed by atoms with Gasteiger partial charge in [0.25, 0.3) is 0 Å². The van der Waals surface area contributed by atoms with Gasteiger partial charge in [-0.25, -0.2) is 0 Å². The summed E-state index contributed by atoms with van der Waals surface area (Å²) in [6.45, 7) is 0.870. The van der Waals surface area contributed by atoms with Crippen molar-refractivity contribution < 1.29 is 19.1 Å². The highest BCUT2D eigenvalue weighted by atomic mass is 79.9. The Morgan fingerprint density at radius 3 is 2.83 bits per heavy atom. The summed E-state index contributed by atoms with van der Waals surface area (Å²) < 4.78 is 16.3. The van der Waals surface area contributed by atoms with E-state index in [1.165, 1.54) is 6.20 Å². The van der Waals surface area contributed by atoms with E-state index in [1.807, 2.05) is 0 Å². The van der Waals surface area contributed by atoms with Crippen molar-refractivity contribution in [1.82, 2.24) is 5.16 Å². The summed E-state index contributed by atoms with van der Waals surface area (Å²) in [5, 5.41) is 13.7. The normalized spacial score (nSPS) is 13.6. The molecule has 1 aliphatic heterocycles. The zero-order chi connectivity index (χ0) is 12.7. The monoisotopic (exact) mass is 312 g/mol. The lowest BCUT2D eigenvalue weighted by Gasteiger charge is -2.22. The molecule has 2 heterocycles. The van der Waals surface area contributed by atoms with Crippen molar-refractivity contribution in [2.45, 2.75) is 0 Å². The van der Waals surface area contributed by atoms with Crippen molar-refractivity contribution in [1.29, 1.82) is 0 Å². The van der Waals surface area contributed by atoms with Gasteiger partial charge in [0.1, 0.15) is 19.0 Å². The maximum Gasteiger partial charge on any atom is 0.230 e. The van der Waals surface area contributed by atoms with Crippen LogP contribution in [0.15, 0.2) is 21.3 Å². The summed E-state index contributed by atoms with van der Waals surface area (Å²) >= 11 is 3.26. The van der Waals surface area contributed by atoms with Gasteiger partial charge in [-0.3, -0.25) is 0 Å². The highest BCUT2D eigenvalue weighted by Crippen LogP contribution is 2.50. The predicted octanol–water partition coefficient (Wildman–Crippen LogP) is 2.16. The van der Waals surface area contributed by atoms with E-state index in [0.29, 0.717) is 40.3 Å². The van der Waals surface area contributed by atoms with Crippen molar-refractivity contribution in [2.24, 2.45) is 0 Å². The molecule has 0 bridgehead atoms. The number of phenols is 1. The van der Waals surface area contributed by atoms with Crippen LogP contribution in [-0.2, 0) is 0 Å². The molecule has 1 aromatic carbocycles. The number of aromatic nitrogens is 1. The van der Waals surface area contributed by atoms with Gasteiger partial charge in [-0.05, 0) is 15.9 Å². The molecule has 7 heteroatoms. The van der Waals surface area contributed by atoms with Crippen molar-refractivity contribution in [3.8, 4) is 28.4 Å². The molecule has 0 atom stereocenters. The van der Waals surface area contributed by atoms with Gasteiger partial charge in [0.2, 0.25) is 5.88 Å². The summed E-state index contributed by atoms with van der Waals surface area (Å²) in [6.07, 6.45) is 1.43. The minimum Gasteiger partial charge on any atom is -0.506 e. The Hall–Kier alpha value is -1.89. The number of aromatic hydroxyl groups is 1. The molecule has 18 heavy (non-hydrogen) atoms. The maximum atomic E-state index is 10.1. The van der Waals surface area contributed by atoms with Crippen molar-refractivity contribution in [2.75, 3.05) is 18.9 Å². The lowest BCUT2D eigenvalue weighted by atomic mass is 10.1. The summed E-state index contributed by atoms with van der Waals surface area (Å²) in [4.78, 5) is 0. The van der Waals surface area contributed by atoms with E-state index < -0.39 is 0 Å². The van der Waals surface area contributed by atoms with Gasteiger partial charge in [-0.15, -0.1) is 0 Å². The fraction of sp³-hybridized carbons (Fsp3) is 0.182. The maximum absolute atomic E-state index is 10.1. The fourth-order valence-corrected chi connectivity index (χ4v) is 2.24. The number of nitrogens with two attached hydrogens (primary N) is 1. The number of nitrogen functional groups attached to an aromatic ring is 1. The van der Waals surface area contributed by atoms with Crippen LogP contribution in [0.2, 0.25) is 0 Å². The van der Waals surface area contributed by atoms with Gasteiger partial charge < -0.3 is 24.8 Å². The van der Waals surface area contributed by atoms with E-state index in [-0.39, 0.29) is 11.6 Å². The third-order valence-electron chi connectivity index (χ3n) is 2.63. The van der Waals surface area contributed by atoms with Crippen LogP contribution in [0, 0.1) is 0 Å². The molecule has 94 valence electrons. The third-order valence-corrected chi connectivity index (χ3v) is 3.23. The average molecular weight is 313 g/mol. The van der Waals surface area contributed by atoms with E-state index in [4.69, 9.17) is 19.7 Å². The molecule has 0 spiro atoms. The second kappa shape index (κ2) is 4.09. The van der Waals surface area contributed by atoms with Crippen LogP contribution in [0.3, 0.4) is 0 Å². The van der Waals surface area contributed by atoms with E-state index >= 15 is 0 Å². The quantitative estimate of drug-likeness (QED) is 0.838. The molecule has 2 aromatic rings. The molecule has 0 fully saturated rings. The number of fused-ring (bicyclic) bond motifs is 1. The molecule has 1 aliphatic rings. The molecule has 6 nitrogen and oxygen atoms in total. The van der Waals surface area contributed by atoms with Gasteiger partial charge >= 0.3 is 0 Å². The highest BCUT2D eigenvalue weighted by molar-refractivity contribution is 9.10. The van der Waals surface area contributed by atoms with Crippen molar-refractivity contribution in [3.63, 3.8) is 0 Å². The number of hydrogen-bond donors (Lipinski definition) is 2. The third kappa shape index (κ3) is 1.59. The van der Waals surface area contributed by atoms with Crippen LogP contribution in [-0.4, -0.2) is 23.5 Å². The summed E-state index contributed by atoms with van der Waals surface area (Å²) in [6, 6.07) is 1.65. The average Bonchev–Trinajstić information content (AvgIpc) is 2.77. The Morgan fingerprint density at radius 1 is 1.33 bits per heavy atom. The SMILES string of the molecule is Nc1oncc1-c1c(O)c(Br)cc2c1OCCO2. The molecule has 0 radical (unpaired) electrons. The molecule has 3 N–H and O–H groups in total. The lowest BCUT2D eigenvalue weighted by molar-refractivity contribution is 0.171. The highest BCUT2D eigenvalue weighted by Gasteiger charge is 2.26. The van der Waals surface area contributed by atoms with Crippen LogP contribution in [0.1, 0.15) is 0 Å². The van der Waals surface area contributed by atoms with E-state index in [9.17, 15) is 5.11 Å². The summed E-state index contributed by atoms with van der Waals surface area (Å²) in [7, 11) is 0. The Kier molecular flexibility index (Phi) is 2.55. The summed E-state index contributed by atoms with van der Waals surface area (Å²) in [5.41, 5.74) is 6.56. The first-order chi connectivity index (χ1) is 8.68. The molecule has 0 saturated carbocycles. The van der Waals surface area contributed by atoms with Crippen molar-refractivity contribution in [3.05, 3.63) is 16.7 Å². The second-order valence-corrected chi connectivity index (χ2v) is 4.56. The zero-order valence-corrected chi connectivity index (χ0v) is 10.7. The Labute approximate surface area is 110 Å². The number of hydrogen-bond acceptors (Lipinski definition) is 6. The number of benzene rings is 1. The smallest absolute Gasteiger partial charge is 0.230 e. The zero-order valence-electron chi connectivity index (χ0n) is 9.14. The largest absolute Gasteiger partial charge is 0.506 e. The Morgan fingerprint density at radius 2 is 2.11 bits per heavy atom. The molecule has 1 aromatic heterocycles. The minimum atomic E-state index is 0.00847. The van der Waals surface area contributed by atoms with E-state index in [1.54, 1.807) is 6.07 Å². The van der Waals surface area contributed by atoms with Crippen LogP contribution in [0.4, 0.5) is 5.88 Å². The van der Waals surface area contributed by atoms with E-state index in [2.05, 4.69) is 21.1 Å². The predicted molar refractivity (Wildman–Crippen MR) is 66.7 cm³/mol. The Bertz CT molecular complexity index is 611. The Balaban J connectivity index is 2.30. The number of anilines is 1. The van der Waals surface area contributed by atoms with E-state index in [0.717, 1.165) is 0 Å². The van der Waals surface area contributed by atoms with Gasteiger partial charge in [-0.2, -0.15) is 0 Å². The topological polar surface area (TPSA) is 90.7 Å². The van der Waals surface area contributed by atoms with Crippen LogP contribution in [0.25, 0.3) is 11.1 Å². The molecular weight excluding hydrogens is 304 g/mol. The molecule has 0 aliphatic carbocycles. The number of halogens is 1. The molecule has 0 saturated heterocycles. The minimum absolute atomic E-state index is 0.00847. The van der Waals surface area contributed by atoms with Gasteiger partial charge in [-0.1, -0.05) is 5.16 Å². The number of nitrogens with zero attached hydrogens (tertiary/aromatic N) is 1. The first-order valence-electron chi connectivity index (χ1n) is 5.20. The molecular formula is C11H9BrN2O4. The van der Waals surface area contributed by atoms with Gasteiger partial charge in [0, 0.05) is 6.07 Å². The number of rotatable bonds is 1. The molecule has 3 rings (SSSR count). The van der Waals surface area contributed by atoms with Gasteiger partial charge in [0.05, 0.1) is 21.8 Å². The number of ether oxygens (including phenoxy) is 2. The second-order valence-electron chi connectivity index (χ2n) is 3.71. The van der Waals surface area contributed by atoms with Crippen LogP contribution < -0.4 is 15.2 Å². The van der Waals surface area contributed by atoms with Crippen LogP contribution in [0.5, 0.6) is 17.2 Å². The van der Waals surface area contributed by atoms with Crippen LogP contribution >= 0.6 is 15.9 Å². The first kappa shape index (κ1) is 11.2. The van der Waals surface area contributed by atoms with Crippen molar-refractivity contribution >= 4 is 21.8 Å². The molecule has 0 amide bonds. The number of phenolic OH excluding ortho intramolecular Hbond substituents is 1. The lowest BCUT2D eigenvalue weighted by Crippen LogP contribution is -2.16.